The summed E-state index contributed by atoms with van der Waals surface area (Å²) in [6.45, 7) is 6.24. The topological polar surface area (TPSA) is 52.6 Å². The van der Waals surface area contributed by atoms with Crippen LogP contribution in [0.1, 0.15) is 19.4 Å². The maximum Gasteiger partial charge on any atom is 0.238 e. The minimum Gasteiger partial charge on any atom is -0.392 e. The summed E-state index contributed by atoms with van der Waals surface area (Å²) in [6.07, 6.45) is 0. The van der Waals surface area contributed by atoms with Crippen LogP contribution >= 0.6 is 12.4 Å². The summed E-state index contributed by atoms with van der Waals surface area (Å²) in [5.74, 6) is -0.00884. The minimum atomic E-state index is -0.00884. The van der Waals surface area contributed by atoms with Crippen LogP contribution in [0.5, 0.6) is 0 Å². The van der Waals surface area contributed by atoms with E-state index in [9.17, 15) is 4.79 Å². The monoisotopic (exact) mass is 272 g/mol. The first-order valence-electron chi connectivity index (χ1n) is 5.91. The number of carbonyl (C=O) groups is 1. The van der Waals surface area contributed by atoms with Crippen molar-refractivity contribution in [1.29, 1.82) is 0 Å². The van der Waals surface area contributed by atoms with Gasteiger partial charge in [-0.1, -0.05) is 26.0 Å². The fourth-order valence-corrected chi connectivity index (χ4v) is 1.54. The van der Waals surface area contributed by atoms with Crippen molar-refractivity contribution in [3.8, 4) is 0 Å². The van der Waals surface area contributed by atoms with Crippen LogP contribution in [0.25, 0.3) is 0 Å². The van der Waals surface area contributed by atoms with Gasteiger partial charge in [0.2, 0.25) is 5.91 Å². The first kappa shape index (κ1) is 16.9. The second kappa shape index (κ2) is 8.91. The van der Waals surface area contributed by atoms with Crippen molar-refractivity contribution in [1.82, 2.24) is 4.90 Å². The molecular weight excluding hydrogens is 252 g/mol. The van der Waals surface area contributed by atoms with Crippen LogP contribution in [-0.4, -0.2) is 35.5 Å². The molecule has 0 bridgehead atoms. The van der Waals surface area contributed by atoms with Gasteiger partial charge in [0.25, 0.3) is 0 Å². The van der Waals surface area contributed by atoms with Crippen LogP contribution in [0, 0.1) is 0 Å². The minimum absolute atomic E-state index is 0. The van der Waals surface area contributed by atoms with E-state index >= 15 is 0 Å². The Morgan fingerprint density at radius 3 is 2.22 bits per heavy atom. The number of halogens is 1. The molecule has 102 valence electrons. The van der Waals surface area contributed by atoms with Crippen LogP contribution < -0.4 is 5.32 Å². The maximum atomic E-state index is 11.7. The zero-order chi connectivity index (χ0) is 12.7. The average Bonchev–Trinajstić information content (AvgIpc) is 2.37. The molecule has 1 rings (SSSR count). The van der Waals surface area contributed by atoms with Gasteiger partial charge in [0.1, 0.15) is 0 Å². The summed E-state index contributed by atoms with van der Waals surface area (Å²) >= 11 is 0. The molecular formula is C13H21ClN2O2. The molecule has 0 saturated heterocycles. The van der Waals surface area contributed by atoms with Gasteiger partial charge in [-0.15, -0.1) is 12.4 Å². The van der Waals surface area contributed by atoms with Gasteiger partial charge in [0, 0.05) is 5.69 Å². The molecule has 2 N–H and O–H groups in total. The SMILES string of the molecule is CCN(CC)CC(=O)Nc1ccc(CO)cc1.Cl. The van der Waals surface area contributed by atoms with Gasteiger partial charge in [0.15, 0.2) is 0 Å². The molecule has 1 aromatic carbocycles. The van der Waals surface area contributed by atoms with Gasteiger partial charge in [0.05, 0.1) is 13.2 Å². The average molecular weight is 273 g/mol. The second-order valence-corrected chi connectivity index (χ2v) is 3.86. The highest BCUT2D eigenvalue weighted by Gasteiger charge is 2.07. The zero-order valence-corrected chi connectivity index (χ0v) is 11.7. The first-order chi connectivity index (χ1) is 8.19. The highest BCUT2D eigenvalue weighted by atomic mass is 35.5. The van der Waals surface area contributed by atoms with Crippen LogP contribution in [-0.2, 0) is 11.4 Å². The number of rotatable bonds is 6. The first-order valence-corrected chi connectivity index (χ1v) is 5.91. The third-order valence-corrected chi connectivity index (χ3v) is 2.68. The number of aliphatic hydroxyl groups is 1. The van der Waals surface area contributed by atoms with Gasteiger partial charge in [-0.25, -0.2) is 0 Å². The second-order valence-electron chi connectivity index (χ2n) is 3.86. The van der Waals surface area contributed by atoms with E-state index in [1.807, 2.05) is 13.8 Å². The number of carbonyl (C=O) groups excluding carboxylic acids is 1. The van der Waals surface area contributed by atoms with Crippen LogP contribution in [0.4, 0.5) is 5.69 Å². The number of benzene rings is 1. The van der Waals surface area contributed by atoms with E-state index in [0.29, 0.717) is 6.54 Å². The van der Waals surface area contributed by atoms with Crippen LogP contribution in [0.15, 0.2) is 24.3 Å². The van der Waals surface area contributed by atoms with Crippen molar-refractivity contribution in [3.05, 3.63) is 29.8 Å². The number of nitrogens with one attached hydrogen (secondary N) is 1. The zero-order valence-electron chi connectivity index (χ0n) is 10.8. The molecule has 0 heterocycles. The lowest BCUT2D eigenvalue weighted by Crippen LogP contribution is -2.32. The lowest BCUT2D eigenvalue weighted by Gasteiger charge is -2.17. The summed E-state index contributed by atoms with van der Waals surface area (Å²) in [6, 6.07) is 7.19. The molecule has 0 saturated carbocycles. The molecule has 4 nitrogen and oxygen atoms in total. The summed E-state index contributed by atoms with van der Waals surface area (Å²) < 4.78 is 0. The number of nitrogens with zero attached hydrogens (tertiary/aromatic N) is 1. The summed E-state index contributed by atoms with van der Waals surface area (Å²) in [5, 5.41) is 11.7. The quantitative estimate of drug-likeness (QED) is 0.831. The van der Waals surface area contributed by atoms with Gasteiger partial charge < -0.3 is 10.4 Å². The van der Waals surface area contributed by atoms with Crippen molar-refractivity contribution in [2.75, 3.05) is 25.0 Å². The molecule has 18 heavy (non-hydrogen) atoms. The van der Waals surface area contributed by atoms with Crippen molar-refractivity contribution < 1.29 is 9.90 Å². The third-order valence-electron chi connectivity index (χ3n) is 2.68. The predicted molar refractivity (Wildman–Crippen MR) is 76.0 cm³/mol. The molecule has 0 radical (unpaired) electrons. The molecule has 5 heteroatoms. The van der Waals surface area contributed by atoms with Crippen molar-refractivity contribution in [3.63, 3.8) is 0 Å². The summed E-state index contributed by atoms with van der Waals surface area (Å²) in [4.78, 5) is 13.7. The Morgan fingerprint density at radius 1 is 1.22 bits per heavy atom. The highest BCUT2D eigenvalue weighted by molar-refractivity contribution is 5.92. The molecule has 1 amide bonds. The summed E-state index contributed by atoms with van der Waals surface area (Å²) in [7, 11) is 0. The molecule has 0 aliphatic heterocycles. The van der Waals surface area contributed by atoms with Gasteiger partial charge in [-0.2, -0.15) is 0 Å². The van der Waals surface area contributed by atoms with Gasteiger partial charge in [-0.05, 0) is 30.8 Å². The smallest absolute Gasteiger partial charge is 0.238 e. The van der Waals surface area contributed by atoms with Crippen molar-refractivity contribution in [2.24, 2.45) is 0 Å². The van der Waals surface area contributed by atoms with E-state index in [0.717, 1.165) is 24.3 Å². The lowest BCUT2D eigenvalue weighted by molar-refractivity contribution is -0.117. The molecule has 0 unspecified atom stereocenters. The Morgan fingerprint density at radius 2 is 1.78 bits per heavy atom. The molecule has 0 atom stereocenters. The molecule has 0 aliphatic carbocycles. The van der Waals surface area contributed by atoms with Crippen molar-refractivity contribution in [2.45, 2.75) is 20.5 Å². The molecule has 0 spiro atoms. The van der Waals surface area contributed by atoms with E-state index in [-0.39, 0.29) is 24.9 Å². The van der Waals surface area contributed by atoms with E-state index in [1.54, 1.807) is 24.3 Å². The normalized spacial score (nSPS) is 10.0. The third kappa shape index (κ3) is 5.49. The Balaban J connectivity index is 0.00000289. The lowest BCUT2D eigenvalue weighted by atomic mass is 10.2. The number of hydrogen-bond donors (Lipinski definition) is 2. The van der Waals surface area contributed by atoms with Crippen LogP contribution in [0.2, 0.25) is 0 Å². The number of amides is 1. The fraction of sp³-hybridized carbons (Fsp3) is 0.462. The fourth-order valence-electron chi connectivity index (χ4n) is 1.54. The van der Waals surface area contributed by atoms with E-state index in [1.165, 1.54) is 0 Å². The number of likely N-dealkylation sites (N-methyl/N-ethyl adjacent to an activating group) is 1. The van der Waals surface area contributed by atoms with Crippen molar-refractivity contribution >= 4 is 24.0 Å². The maximum absolute atomic E-state index is 11.7. The van der Waals surface area contributed by atoms with Crippen LogP contribution in [0.3, 0.4) is 0 Å². The van der Waals surface area contributed by atoms with Gasteiger partial charge >= 0.3 is 0 Å². The Bertz CT molecular complexity index is 351. The molecule has 0 fully saturated rings. The summed E-state index contributed by atoms with van der Waals surface area (Å²) in [5.41, 5.74) is 1.60. The Hall–Kier alpha value is -1.10. The number of hydrogen-bond acceptors (Lipinski definition) is 3. The van der Waals surface area contributed by atoms with E-state index < -0.39 is 0 Å². The molecule has 0 aliphatic rings. The molecule has 1 aromatic rings. The van der Waals surface area contributed by atoms with Gasteiger partial charge in [-0.3, -0.25) is 9.69 Å². The number of aliphatic hydroxyl groups excluding tert-OH is 1. The highest BCUT2D eigenvalue weighted by Crippen LogP contribution is 2.09. The Labute approximate surface area is 114 Å². The standard InChI is InChI=1S/C13H20N2O2.ClH/c1-3-15(4-2)9-13(17)14-12-7-5-11(10-16)6-8-12;/h5-8,16H,3-4,9-10H2,1-2H3,(H,14,17);1H. The number of anilines is 1. The predicted octanol–water partition coefficient (Wildman–Crippen LogP) is 1.88. The van der Waals surface area contributed by atoms with E-state index in [4.69, 9.17) is 5.11 Å². The molecule has 0 aromatic heterocycles. The van der Waals surface area contributed by atoms with E-state index in [2.05, 4.69) is 10.2 Å². The Kier molecular flexibility index (Phi) is 8.37. The largest absolute Gasteiger partial charge is 0.392 e.